The Balaban J connectivity index is 2.28. The topological polar surface area (TPSA) is 102 Å². The summed E-state index contributed by atoms with van der Waals surface area (Å²) in [7, 11) is -3.53. The minimum atomic E-state index is -3.53. The normalized spacial score (nSPS) is 16.1. The number of ether oxygens (including phenoxy) is 1. The summed E-state index contributed by atoms with van der Waals surface area (Å²) in [6.45, 7) is 5.23. The third kappa shape index (κ3) is 4.33. The molecule has 2 N–H and O–H groups in total. The van der Waals surface area contributed by atoms with Crippen molar-refractivity contribution >= 4 is 27.4 Å². The molecule has 1 aromatic carbocycles. The van der Waals surface area contributed by atoms with Crippen LogP contribution >= 0.6 is 0 Å². The fourth-order valence-corrected chi connectivity index (χ4v) is 3.03. The lowest BCUT2D eigenvalue weighted by molar-refractivity contribution is -0.121. The largest absolute Gasteiger partial charge is 0.462 e. The molecule has 2 rings (SSSR count). The summed E-state index contributed by atoms with van der Waals surface area (Å²) in [6.07, 6.45) is 1.05. The van der Waals surface area contributed by atoms with Gasteiger partial charge in [-0.25, -0.2) is 13.2 Å². The molecule has 0 aliphatic carbocycles. The predicted octanol–water partition coefficient (Wildman–Crippen LogP) is 1.06. The van der Waals surface area contributed by atoms with Gasteiger partial charge in [0.1, 0.15) is 0 Å². The van der Waals surface area contributed by atoms with Crippen molar-refractivity contribution in [3.8, 4) is 0 Å². The average molecular weight is 354 g/mol. The van der Waals surface area contributed by atoms with Gasteiger partial charge in [-0.1, -0.05) is 6.92 Å². The number of hydrogen-bond donors (Lipinski definition) is 2. The summed E-state index contributed by atoms with van der Waals surface area (Å²) in [5.41, 5.74) is 0.359. The Hall–Kier alpha value is -1.93. The van der Waals surface area contributed by atoms with Crippen LogP contribution < -0.4 is 10.6 Å². The van der Waals surface area contributed by atoms with Crippen molar-refractivity contribution in [3.05, 3.63) is 23.8 Å². The molecule has 0 saturated carbocycles. The summed E-state index contributed by atoms with van der Waals surface area (Å²) >= 11 is 0. The molecule has 0 radical (unpaired) electrons. The number of esters is 1. The van der Waals surface area contributed by atoms with Crippen molar-refractivity contribution < 1.29 is 22.7 Å². The molecule has 1 amide bonds. The highest BCUT2D eigenvalue weighted by Crippen LogP contribution is 2.22. The van der Waals surface area contributed by atoms with E-state index in [-0.39, 0.29) is 40.5 Å². The van der Waals surface area contributed by atoms with Crippen molar-refractivity contribution in [2.75, 3.05) is 31.3 Å². The van der Waals surface area contributed by atoms with Crippen molar-refractivity contribution in [2.24, 2.45) is 11.8 Å². The molecule has 7 nitrogen and oxygen atoms in total. The van der Waals surface area contributed by atoms with E-state index in [0.717, 1.165) is 19.3 Å². The Morgan fingerprint density at radius 3 is 2.50 bits per heavy atom. The molecule has 0 bridgehead atoms. The zero-order chi connectivity index (χ0) is 17.9. The SMILES string of the molecule is CCOC(=O)c1cc(NC(=O)C(C)C2CNC2)cc(S(C)(=O)=O)c1. The van der Waals surface area contributed by atoms with E-state index in [1.54, 1.807) is 6.92 Å². The van der Waals surface area contributed by atoms with Crippen LogP contribution in [0, 0.1) is 11.8 Å². The Morgan fingerprint density at radius 1 is 1.33 bits per heavy atom. The Morgan fingerprint density at radius 2 is 2.00 bits per heavy atom. The Bertz CT molecular complexity index is 741. The van der Waals surface area contributed by atoms with E-state index in [1.165, 1.54) is 18.2 Å². The van der Waals surface area contributed by atoms with Crippen LogP contribution in [0.4, 0.5) is 5.69 Å². The van der Waals surface area contributed by atoms with Crippen molar-refractivity contribution in [2.45, 2.75) is 18.7 Å². The first-order valence-electron chi connectivity index (χ1n) is 7.76. The number of hydrogen-bond acceptors (Lipinski definition) is 6. The smallest absolute Gasteiger partial charge is 0.338 e. The monoisotopic (exact) mass is 354 g/mol. The minimum absolute atomic E-state index is 0.0404. The number of carbonyl (C=O) groups is 2. The molecule has 132 valence electrons. The van der Waals surface area contributed by atoms with E-state index >= 15 is 0 Å². The third-order valence-electron chi connectivity index (χ3n) is 4.05. The maximum atomic E-state index is 12.3. The zero-order valence-corrected chi connectivity index (χ0v) is 14.8. The number of rotatable bonds is 6. The van der Waals surface area contributed by atoms with Gasteiger partial charge in [-0.15, -0.1) is 0 Å². The van der Waals surface area contributed by atoms with Crippen LogP contribution in [0.2, 0.25) is 0 Å². The van der Waals surface area contributed by atoms with Crippen LogP contribution in [0.25, 0.3) is 0 Å². The quantitative estimate of drug-likeness (QED) is 0.741. The summed E-state index contributed by atoms with van der Waals surface area (Å²) in [6, 6.07) is 4.03. The number of sulfone groups is 1. The number of nitrogens with one attached hydrogen (secondary N) is 2. The van der Waals surface area contributed by atoms with E-state index < -0.39 is 15.8 Å². The second kappa shape index (κ2) is 7.31. The highest BCUT2D eigenvalue weighted by Gasteiger charge is 2.29. The number of anilines is 1. The van der Waals surface area contributed by atoms with Gasteiger partial charge in [-0.2, -0.15) is 0 Å². The molecule has 1 heterocycles. The molecule has 1 aliphatic rings. The fourth-order valence-electron chi connectivity index (χ4n) is 2.35. The fraction of sp³-hybridized carbons (Fsp3) is 0.500. The van der Waals surface area contributed by atoms with Gasteiger partial charge in [-0.3, -0.25) is 4.79 Å². The van der Waals surface area contributed by atoms with Crippen LogP contribution in [0.1, 0.15) is 24.2 Å². The van der Waals surface area contributed by atoms with Crippen LogP contribution in [0.5, 0.6) is 0 Å². The van der Waals surface area contributed by atoms with Crippen LogP contribution in [0.3, 0.4) is 0 Å². The van der Waals surface area contributed by atoms with Gasteiger partial charge in [-0.05, 0) is 44.1 Å². The van der Waals surface area contributed by atoms with Crippen LogP contribution in [0.15, 0.2) is 23.1 Å². The second-order valence-corrected chi connectivity index (χ2v) is 7.95. The van der Waals surface area contributed by atoms with Gasteiger partial charge in [0.15, 0.2) is 9.84 Å². The molecular formula is C16H22N2O5S. The van der Waals surface area contributed by atoms with Crippen molar-refractivity contribution in [3.63, 3.8) is 0 Å². The molecule has 1 atom stereocenters. The highest BCUT2D eigenvalue weighted by atomic mass is 32.2. The first kappa shape index (κ1) is 18.4. The molecule has 8 heteroatoms. The molecule has 1 saturated heterocycles. The maximum absolute atomic E-state index is 12.3. The van der Waals surface area contributed by atoms with Gasteiger partial charge in [0.2, 0.25) is 5.91 Å². The van der Waals surface area contributed by atoms with Gasteiger partial charge in [0.25, 0.3) is 0 Å². The summed E-state index contributed by atoms with van der Waals surface area (Å²) in [5, 5.41) is 5.81. The molecule has 1 aliphatic heterocycles. The van der Waals surface area contributed by atoms with Gasteiger partial charge in [0.05, 0.1) is 17.1 Å². The number of benzene rings is 1. The standard InChI is InChI=1S/C16H22N2O5S/c1-4-23-16(20)11-5-13(7-14(6-11)24(3,21)22)18-15(19)10(2)12-8-17-9-12/h5-7,10,12,17H,4,8-9H2,1-3H3,(H,18,19). The predicted molar refractivity (Wildman–Crippen MR) is 89.7 cm³/mol. The molecule has 0 aromatic heterocycles. The molecular weight excluding hydrogens is 332 g/mol. The second-order valence-electron chi connectivity index (χ2n) is 5.93. The van der Waals surface area contributed by atoms with Gasteiger partial charge in [0, 0.05) is 17.9 Å². The van der Waals surface area contributed by atoms with E-state index in [1.807, 2.05) is 6.92 Å². The van der Waals surface area contributed by atoms with E-state index in [4.69, 9.17) is 4.74 Å². The number of carbonyl (C=O) groups excluding carboxylic acids is 2. The van der Waals surface area contributed by atoms with Crippen molar-refractivity contribution in [1.29, 1.82) is 0 Å². The molecule has 1 fully saturated rings. The summed E-state index contributed by atoms with van der Waals surface area (Å²) in [4.78, 5) is 24.2. The van der Waals surface area contributed by atoms with Crippen LogP contribution in [-0.4, -0.2) is 46.2 Å². The maximum Gasteiger partial charge on any atom is 0.338 e. The van der Waals surface area contributed by atoms with Crippen LogP contribution in [-0.2, 0) is 19.4 Å². The lowest BCUT2D eigenvalue weighted by Crippen LogP contribution is -2.48. The Labute approximate surface area is 141 Å². The first-order chi connectivity index (χ1) is 11.2. The number of amides is 1. The van der Waals surface area contributed by atoms with E-state index in [9.17, 15) is 18.0 Å². The Kier molecular flexibility index (Phi) is 5.61. The van der Waals surface area contributed by atoms with Gasteiger partial charge >= 0.3 is 5.97 Å². The van der Waals surface area contributed by atoms with Gasteiger partial charge < -0.3 is 15.4 Å². The van der Waals surface area contributed by atoms with E-state index in [0.29, 0.717) is 0 Å². The lowest BCUT2D eigenvalue weighted by atomic mass is 9.88. The third-order valence-corrected chi connectivity index (χ3v) is 5.14. The first-order valence-corrected chi connectivity index (χ1v) is 9.65. The average Bonchev–Trinajstić information content (AvgIpc) is 2.44. The molecule has 1 unspecified atom stereocenters. The molecule has 1 aromatic rings. The summed E-state index contributed by atoms with van der Waals surface area (Å²) in [5.74, 6) is -0.788. The summed E-state index contributed by atoms with van der Waals surface area (Å²) < 4.78 is 28.6. The zero-order valence-electron chi connectivity index (χ0n) is 14.0. The molecule has 0 spiro atoms. The van der Waals surface area contributed by atoms with Crippen molar-refractivity contribution in [1.82, 2.24) is 5.32 Å². The highest BCUT2D eigenvalue weighted by molar-refractivity contribution is 7.90. The lowest BCUT2D eigenvalue weighted by Gasteiger charge is -2.31. The van der Waals surface area contributed by atoms with E-state index in [2.05, 4.69) is 10.6 Å². The minimum Gasteiger partial charge on any atom is -0.462 e. The molecule has 24 heavy (non-hydrogen) atoms.